The Morgan fingerprint density at radius 2 is 1.36 bits per heavy atom. The lowest BCUT2D eigenvalue weighted by Gasteiger charge is -2.43. The molecule has 1 aromatic carbocycles. The van der Waals surface area contributed by atoms with Crippen molar-refractivity contribution >= 4 is 41.5 Å². The van der Waals surface area contributed by atoms with Gasteiger partial charge in [0.1, 0.15) is 34.3 Å². The molecule has 5 atom stereocenters. The highest BCUT2D eigenvalue weighted by atomic mass is 32.2. The fourth-order valence-corrected chi connectivity index (χ4v) is 5.28. The van der Waals surface area contributed by atoms with Crippen LogP contribution in [0.15, 0.2) is 29.3 Å². The van der Waals surface area contributed by atoms with Crippen LogP contribution in [0.2, 0.25) is 0 Å². The van der Waals surface area contributed by atoms with E-state index in [1.54, 1.807) is 24.3 Å². The molecule has 2 aromatic rings. The second kappa shape index (κ2) is 13.7. The molecule has 1 fully saturated rings. The summed E-state index contributed by atoms with van der Waals surface area (Å²) in [4.78, 5) is 52.2. The van der Waals surface area contributed by atoms with Crippen LogP contribution in [0.5, 0.6) is 5.75 Å². The normalized spacial score (nSPS) is 21.2. The molecular formula is C27H26N4O10S. The summed E-state index contributed by atoms with van der Waals surface area (Å²) in [6, 6.07) is 10.5. The van der Waals surface area contributed by atoms with E-state index in [0.717, 1.165) is 39.5 Å². The molecule has 2 N–H and O–H groups in total. The van der Waals surface area contributed by atoms with Gasteiger partial charge < -0.3 is 34.2 Å². The monoisotopic (exact) mass is 598 g/mol. The Morgan fingerprint density at radius 1 is 0.833 bits per heavy atom. The number of anilines is 1. The molecule has 0 amide bonds. The molecule has 3 rings (SSSR count). The molecular weight excluding hydrogens is 572 g/mol. The average Bonchev–Trinajstić information content (AvgIpc) is 2.91. The van der Waals surface area contributed by atoms with Crippen molar-refractivity contribution in [3.8, 4) is 29.0 Å². The Morgan fingerprint density at radius 3 is 1.86 bits per heavy atom. The van der Waals surface area contributed by atoms with Crippen LogP contribution in [0.25, 0.3) is 11.1 Å². The first-order chi connectivity index (χ1) is 19.9. The van der Waals surface area contributed by atoms with Gasteiger partial charge in [-0.1, -0.05) is 23.9 Å². The van der Waals surface area contributed by atoms with Gasteiger partial charge in [-0.2, -0.15) is 10.5 Å². The van der Waals surface area contributed by atoms with Crippen LogP contribution in [0.4, 0.5) is 5.82 Å². The molecule has 0 saturated carbocycles. The minimum atomic E-state index is -1.62. The Kier molecular flexibility index (Phi) is 10.3. The molecule has 42 heavy (non-hydrogen) atoms. The van der Waals surface area contributed by atoms with Crippen molar-refractivity contribution in [3.63, 3.8) is 0 Å². The van der Waals surface area contributed by atoms with Gasteiger partial charge in [-0.25, -0.2) is 4.98 Å². The number of esters is 4. The highest BCUT2D eigenvalue weighted by Gasteiger charge is 2.54. The van der Waals surface area contributed by atoms with Gasteiger partial charge in [-0.05, 0) is 17.7 Å². The third-order valence-electron chi connectivity index (χ3n) is 5.66. The third-order valence-corrected chi connectivity index (χ3v) is 6.79. The van der Waals surface area contributed by atoms with Crippen LogP contribution in [0.1, 0.15) is 38.8 Å². The zero-order chi connectivity index (χ0) is 31.1. The van der Waals surface area contributed by atoms with Crippen LogP contribution < -0.4 is 10.5 Å². The molecule has 0 bridgehead atoms. The number of rotatable bonds is 8. The number of methoxy groups -OCH3 is 1. The molecule has 0 radical (unpaired) electrons. The molecule has 1 aliphatic rings. The maximum absolute atomic E-state index is 12.1. The van der Waals surface area contributed by atoms with Crippen molar-refractivity contribution in [1.82, 2.24) is 4.98 Å². The number of pyridine rings is 1. The molecule has 1 saturated heterocycles. The smallest absolute Gasteiger partial charge is 0.305 e. The van der Waals surface area contributed by atoms with Crippen LogP contribution in [-0.4, -0.2) is 66.0 Å². The molecule has 1 aromatic heterocycles. The van der Waals surface area contributed by atoms with Crippen molar-refractivity contribution in [1.29, 1.82) is 10.5 Å². The number of carbonyl (C=O) groups excluding carboxylic acids is 4. The van der Waals surface area contributed by atoms with Crippen LogP contribution in [-0.2, 0) is 42.9 Å². The van der Waals surface area contributed by atoms with Gasteiger partial charge in [-0.15, -0.1) is 0 Å². The van der Waals surface area contributed by atoms with E-state index in [0.29, 0.717) is 11.3 Å². The van der Waals surface area contributed by atoms with Gasteiger partial charge >= 0.3 is 23.9 Å². The summed E-state index contributed by atoms with van der Waals surface area (Å²) < 4.78 is 32.4. The lowest BCUT2D eigenvalue weighted by molar-refractivity contribution is -0.280. The van der Waals surface area contributed by atoms with Crippen molar-refractivity contribution < 1.29 is 47.6 Å². The highest BCUT2D eigenvalue weighted by Crippen LogP contribution is 2.42. The van der Waals surface area contributed by atoms with Gasteiger partial charge in [0, 0.05) is 33.3 Å². The Bertz CT molecular complexity index is 1470. The number of thioether (sulfide) groups is 1. The number of nitrogen functional groups attached to an aromatic ring is 1. The summed E-state index contributed by atoms with van der Waals surface area (Å²) in [7, 11) is 1.48. The Labute approximate surface area is 244 Å². The molecule has 0 aliphatic carbocycles. The van der Waals surface area contributed by atoms with Crippen LogP contribution in [0.3, 0.4) is 0 Å². The maximum atomic E-state index is 12.1. The quantitative estimate of drug-likeness (QED) is 0.341. The summed E-state index contributed by atoms with van der Waals surface area (Å²) in [5.41, 5.74) is 5.26. The Balaban J connectivity index is 2.20. The van der Waals surface area contributed by atoms with Crippen molar-refractivity contribution in [3.05, 3.63) is 35.4 Å². The minimum Gasteiger partial charge on any atom is -0.497 e. The topological polar surface area (TPSA) is 210 Å². The van der Waals surface area contributed by atoms with Gasteiger partial charge in [0.15, 0.2) is 17.6 Å². The fourth-order valence-electron chi connectivity index (χ4n) is 4.13. The van der Waals surface area contributed by atoms with Crippen molar-refractivity contribution in [2.24, 2.45) is 0 Å². The van der Waals surface area contributed by atoms with Crippen LogP contribution in [0, 0.1) is 22.7 Å². The van der Waals surface area contributed by atoms with Crippen LogP contribution >= 0.6 is 11.8 Å². The standard InChI is InChI=1S/C27H26N4O10S/c1-12(32)37-21-22(38-13(2)33)26(40-15(4)35)41-27(23(21)39-14(3)34)42-25-19(11-29)20(18(10-28)24(30)31-25)16-6-8-17(36-5)9-7-16/h6-9,21-23,26-27H,1-5H3,(H2,30,31)/t21-,22+,23+,26-,27-/m0/s1. The van der Waals surface area contributed by atoms with Crippen molar-refractivity contribution in [2.45, 2.75) is 62.8 Å². The number of carbonyl (C=O) groups is 4. The molecule has 15 heteroatoms. The lowest BCUT2D eigenvalue weighted by Crippen LogP contribution is -2.61. The number of benzene rings is 1. The van der Waals surface area contributed by atoms with E-state index in [9.17, 15) is 29.7 Å². The van der Waals surface area contributed by atoms with E-state index < -0.39 is 53.9 Å². The van der Waals surface area contributed by atoms with E-state index in [2.05, 4.69) is 4.98 Å². The minimum absolute atomic E-state index is 0.0453. The molecule has 0 spiro atoms. The predicted octanol–water partition coefficient (Wildman–Crippen LogP) is 2.22. The average molecular weight is 599 g/mol. The number of nitriles is 2. The SMILES string of the molecule is COc1ccc(-c2c(C#N)c(N)nc(S[C@@H]3O[C@H](OC(C)=O)[C@H](OC(C)=O)[C@H](OC(C)=O)[C@H]3OC(C)=O)c2C#N)cc1. The maximum Gasteiger partial charge on any atom is 0.305 e. The van der Waals surface area contributed by atoms with E-state index >= 15 is 0 Å². The zero-order valence-electron chi connectivity index (χ0n) is 23.1. The lowest BCUT2D eigenvalue weighted by atomic mass is 9.97. The third kappa shape index (κ3) is 7.25. The van der Waals surface area contributed by atoms with E-state index in [1.807, 2.05) is 12.1 Å². The summed E-state index contributed by atoms with van der Waals surface area (Å²) >= 11 is 0.728. The molecule has 2 heterocycles. The first-order valence-corrected chi connectivity index (χ1v) is 13.1. The second-order valence-corrected chi connectivity index (χ2v) is 9.79. The van der Waals surface area contributed by atoms with Crippen molar-refractivity contribution in [2.75, 3.05) is 12.8 Å². The highest BCUT2D eigenvalue weighted by molar-refractivity contribution is 7.99. The first kappa shape index (κ1) is 31.7. The molecule has 1 aliphatic heterocycles. The van der Waals surface area contributed by atoms with E-state index in [4.69, 9.17) is 34.2 Å². The molecule has 220 valence electrons. The molecule has 14 nitrogen and oxygen atoms in total. The summed E-state index contributed by atoms with van der Waals surface area (Å²) in [6.45, 7) is 4.31. The summed E-state index contributed by atoms with van der Waals surface area (Å²) in [5, 5.41) is 20.0. The summed E-state index contributed by atoms with van der Waals surface area (Å²) in [5.74, 6) is -2.98. The molecule has 0 unspecified atom stereocenters. The number of hydrogen-bond donors (Lipinski definition) is 1. The number of ether oxygens (including phenoxy) is 6. The first-order valence-electron chi connectivity index (χ1n) is 12.2. The van der Waals surface area contributed by atoms with Gasteiger partial charge in [0.05, 0.1) is 12.7 Å². The van der Waals surface area contributed by atoms with Gasteiger partial charge in [0.2, 0.25) is 12.4 Å². The summed E-state index contributed by atoms with van der Waals surface area (Å²) in [6.07, 6.45) is -6.11. The predicted molar refractivity (Wildman–Crippen MR) is 143 cm³/mol. The number of hydrogen-bond acceptors (Lipinski definition) is 15. The van der Waals surface area contributed by atoms with E-state index in [-0.39, 0.29) is 27.5 Å². The number of aromatic nitrogens is 1. The fraction of sp³-hybridized carbons (Fsp3) is 0.370. The number of nitrogens with zero attached hydrogens (tertiary/aromatic N) is 3. The van der Waals surface area contributed by atoms with Gasteiger partial charge in [0.25, 0.3) is 0 Å². The largest absolute Gasteiger partial charge is 0.497 e. The Hall–Kier alpha value is -4.86. The zero-order valence-corrected chi connectivity index (χ0v) is 23.9. The van der Waals surface area contributed by atoms with Gasteiger partial charge in [-0.3, -0.25) is 19.2 Å². The second-order valence-electron chi connectivity index (χ2n) is 8.70. The van der Waals surface area contributed by atoms with E-state index in [1.165, 1.54) is 7.11 Å². The number of nitrogens with two attached hydrogens (primary N) is 1.